The second kappa shape index (κ2) is 16.4. The van der Waals surface area contributed by atoms with Crippen molar-refractivity contribution in [2.75, 3.05) is 0 Å². The van der Waals surface area contributed by atoms with Gasteiger partial charge in [0.25, 0.3) is 10.1 Å². The Morgan fingerprint density at radius 2 is 1.18 bits per heavy atom. The van der Waals surface area contributed by atoms with Crippen LogP contribution in [0.3, 0.4) is 0 Å². The lowest BCUT2D eigenvalue weighted by atomic mass is 10.0. The molecule has 0 aromatic heterocycles. The second-order valence-corrected chi connectivity index (χ2v) is 11.8. The summed E-state index contributed by atoms with van der Waals surface area (Å²) in [7, 11) is -4.01. The van der Waals surface area contributed by atoms with E-state index in [4.69, 9.17) is 0 Å². The maximum absolute atomic E-state index is 12.0. The summed E-state index contributed by atoms with van der Waals surface area (Å²) in [5, 5.41) is 1.84. The highest BCUT2D eigenvalue weighted by Crippen LogP contribution is 2.22. The molecule has 0 amide bonds. The van der Waals surface area contributed by atoms with Crippen LogP contribution in [0.15, 0.2) is 53.4 Å². The van der Waals surface area contributed by atoms with Crippen molar-refractivity contribution in [1.82, 2.24) is 0 Å². The highest BCUT2D eigenvalue weighted by molar-refractivity contribution is 7.86. The zero-order valence-electron chi connectivity index (χ0n) is 20.4. The van der Waals surface area contributed by atoms with Crippen molar-refractivity contribution >= 4 is 29.3 Å². The molecule has 0 aliphatic carbocycles. The fraction of sp³-hybridized carbons (Fsp3) is 0.571. The molecule has 0 heterocycles. The van der Waals surface area contributed by atoms with E-state index < -0.39 is 10.1 Å². The first kappa shape index (κ1) is 28.0. The summed E-state index contributed by atoms with van der Waals surface area (Å²) >= 11 is 0. The molecule has 0 saturated heterocycles. The zero-order valence-corrected chi connectivity index (χ0v) is 22.2. The largest absolute Gasteiger partial charge is 0.295 e. The van der Waals surface area contributed by atoms with Crippen LogP contribution in [-0.2, 0) is 16.5 Å². The van der Waals surface area contributed by atoms with Gasteiger partial charge in [0.2, 0.25) is 0 Å². The van der Waals surface area contributed by atoms with Crippen molar-refractivity contribution in [1.29, 1.82) is 0 Å². The third kappa shape index (κ3) is 11.7. The van der Waals surface area contributed by atoms with Gasteiger partial charge >= 0.3 is 0 Å². The van der Waals surface area contributed by atoms with Crippen LogP contribution in [0, 0.1) is 0 Å². The molecule has 1 unspecified atom stereocenters. The molecule has 0 bridgehead atoms. The summed E-state index contributed by atoms with van der Waals surface area (Å²) in [5.41, 5.74) is 1.05. The van der Waals surface area contributed by atoms with Gasteiger partial charge < -0.3 is 0 Å². The van der Waals surface area contributed by atoms with E-state index in [2.05, 4.69) is 6.92 Å². The van der Waals surface area contributed by atoms with Crippen LogP contribution in [-0.4, -0.2) is 13.0 Å². The molecule has 33 heavy (non-hydrogen) atoms. The lowest BCUT2D eigenvalue weighted by Crippen LogP contribution is -2.18. The van der Waals surface area contributed by atoms with Crippen molar-refractivity contribution in [2.45, 2.75) is 108 Å². The SMILES string of the molecule is CCCCCCCCCCCCCCCCc1cccc(S(=O)(=O)O)c1Pc1ccccc1. The van der Waals surface area contributed by atoms with Crippen LogP contribution < -0.4 is 10.6 Å². The lowest BCUT2D eigenvalue weighted by molar-refractivity contribution is 0.484. The lowest BCUT2D eigenvalue weighted by Gasteiger charge is -2.14. The van der Waals surface area contributed by atoms with Crippen molar-refractivity contribution in [3.05, 3.63) is 54.1 Å². The molecular formula is C28H43O3PS. The van der Waals surface area contributed by atoms with Crippen molar-refractivity contribution in [2.24, 2.45) is 0 Å². The Labute approximate surface area is 204 Å². The molecule has 0 saturated carbocycles. The standard InChI is InChI=1S/C28H43O3PS/c1-2-3-4-5-6-7-8-9-10-11-12-13-14-16-20-25-21-19-24-27(33(29,30)31)28(25)32-26-22-17-15-18-23-26/h15,17-19,21-24,32H,2-14,16,20H2,1H3,(H,29,30,31). The molecule has 3 nitrogen and oxygen atoms in total. The van der Waals surface area contributed by atoms with Gasteiger partial charge in [-0.1, -0.05) is 141 Å². The van der Waals surface area contributed by atoms with E-state index >= 15 is 0 Å². The predicted octanol–water partition coefficient (Wildman–Crippen LogP) is 7.59. The minimum Gasteiger partial charge on any atom is -0.282 e. The molecule has 0 radical (unpaired) electrons. The van der Waals surface area contributed by atoms with Gasteiger partial charge in [0.1, 0.15) is 4.90 Å². The molecule has 184 valence electrons. The smallest absolute Gasteiger partial charge is 0.282 e. The number of benzene rings is 2. The summed E-state index contributed by atoms with van der Waals surface area (Å²) in [4.78, 5) is 0.0625. The Kier molecular flexibility index (Phi) is 13.9. The highest BCUT2D eigenvalue weighted by atomic mass is 32.2. The Bertz CT molecular complexity index is 881. The van der Waals surface area contributed by atoms with Gasteiger partial charge in [0.05, 0.1) is 0 Å². The van der Waals surface area contributed by atoms with Crippen LogP contribution in [0.2, 0.25) is 0 Å². The summed E-state index contributed by atoms with van der Waals surface area (Å²) in [6.45, 7) is 2.27. The molecular weight excluding hydrogens is 447 g/mol. The van der Waals surface area contributed by atoms with Gasteiger partial charge in [0.15, 0.2) is 0 Å². The first-order chi connectivity index (χ1) is 16.0. The average Bonchev–Trinajstić information content (AvgIpc) is 2.80. The van der Waals surface area contributed by atoms with E-state index in [-0.39, 0.29) is 13.5 Å². The molecule has 1 N–H and O–H groups in total. The van der Waals surface area contributed by atoms with Crippen LogP contribution in [0.4, 0.5) is 0 Å². The Hall–Kier alpha value is -1.22. The summed E-state index contributed by atoms with van der Waals surface area (Å²) in [6.07, 6.45) is 19.4. The number of aryl methyl sites for hydroxylation is 1. The Morgan fingerprint density at radius 3 is 1.70 bits per heavy atom. The van der Waals surface area contributed by atoms with Gasteiger partial charge in [-0.2, -0.15) is 8.42 Å². The van der Waals surface area contributed by atoms with Gasteiger partial charge in [-0.3, -0.25) is 4.55 Å². The first-order valence-electron chi connectivity index (χ1n) is 12.9. The van der Waals surface area contributed by atoms with E-state index in [1.54, 1.807) is 6.07 Å². The fourth-order valence-electron chi connectivity index (χ4n) is 4.32. The molecule has 0 spiro atoms. The summed E-state index contributed by atoms with van der Waals surface area (Å²) in [5.74, 6) is 0. The Balaban J connectivity index is 1.69. The van der Waals surface area contributed by atoms with E-state index in [1.807, 2.05) is 36.4 Å². The van der Waals surface area contributed by atoms with Crippen molar-refractivity contribution < 1.29 is 13.0 Å². The van der Waals surface area contributed by atoms with Crippen LogP contribution in [0.5, 0.6) is 0 Å². The first-order valence-corrected chi connectivity index (χ1v) is 15.4. The predicted molar refractivity (Wildman–Crippen MR) is 144 cm³/mol. The molecule has 0 fully saturated rings. The van der Waals surface area contributed by atoms with Crippen LogP contribution in [0.1, 0.15) is 102 Å². The Morgan fingerprint density at radius 1 is 0.667 bits per heavy atom. The third-order valence-electron chi connectivity index (χ3n) is 6.23. The number of rotatable bonds is 18. The summed E-state index contributed by atoms with van der Waals surface area (Å²) in [6, 6.07) is 15.2. The average molecular weight is 491 g/mol. The van der Waals surface area contributed by atoms with E-state index in [1.165, 1.54) is 89.5 Å². The molecule has 1 atom stereocenters. The second-order valence-electron chi connectivity index (χ2n) is 9.10. The molecule has 5 heteroatoms. The molecule has 0 aliphatic heterocycles. The third-order valence-corrected chi connectivity index (χ3v) is 8.77. The monoisotopic (exact) mass is 490 g/mol. The molecule has 2 aromatic carbocycles. The van der Waals surface area contributed by atoms with E-state index in [0.717, 1.165) is 29.0 Å². The maximum Gasteiger partial charge on any atom is 0.295 e. The molecule has 2 rings (SSSR count). The van der Waals surface area contributed by atoms with Crippen molar-refractivity contribution in [3.8, 4) is 0 Å². The van der Waals surface area contributed by atoms with Crippen LogP contribution in [0.25, 0.3) is 0 Å². The maximum atomic E-state index is 12.0. The van der Waals surface area contributed by atoms with E-state index in [0.29, 0.717) is 0 Å². The molecule has 2 aromatic rings. The fourth-order valence-corrected chi connectivity index (χ4v) is 6.72. The summed E-state index contributed by atoms with van der Waals surface area (Å²) < 4.78 is 33.7. The molecule has 0 aliphatic rings. The van der Waals surface area contributed by atoms with Gasteiger partial charge in [0, 0.05) is 5.30 Å². The van der Waals surface area contributed by atoms with Crippen molar-refractivity contribution in [3.63, 3.8) is 0 Å². The quantitative estimate of drug-likeness (QED) is 0.133. The van der Waals surface area contributed by atoms with Gasteiger partial charge in [-0.15, -0.1) is 0 Å². The number of unbranched alkanes of at least 4 members (excludes halogenated alkanes) is 13. The van der Waals surface area contributed by atoms with E-state index in [9.17, 15) is 13.0 Å². The number of hydrogen-bond acceptors (Lipinski definition) is 2. The highest BCUT2D eigenvalue weighted by Gasteiger charge is 2.18. The zero-order chi connectivity index (χ0) is 23.8. The van der Waals surface area contributed by atoms with Gasteiger partial charge in [-0.05, 0) is 29.8 Å². The normalized spacial score (nSPS) is 12.1. The van der Waals surface area contributed by atoms with Gasteiger partial charge in [-0.25, -0.2) is 0 Å². The van der Waals surface area contributed by atoms with Crippen LogP contribution >= 0.6 is 8.58 Å². The minimum atomic E-state index is -4.23. The number of hydrogen-bond donors (Lipinski definition) is 1. The topological polar surface area (TPSA) is 54.4 Å². The minimum absolute atomic E-state index is 0.0625.